The lowest BCUT2D eigenvalue weighted by Gasteiger charge is -2.35. The zero-order valence-electron chi connectivity index (χ0n) is 9.81. The highest BCUT2D eigenvalue weighted by Crippen LogP contribution is 2.19. The van der Waals surface area contributed by atoms with Gasteiger partial charge >= 0.3 is 0 Å². The van der Waals surface area contributed by atoms with Crippen molar-refractivity contribution in [1.82, 2.24) is 4.90 Å². The van der Waals surface area contributed by atoms with Gasteiger partial charge in [0.15, 0.2) is 0 Å². The zero-order valence-corrected chi connectivity index (χ0v) is 9.81. The van der Waals surface area contributed by atoms with Crippen LogP contribution in [0.15, 0.2) is 0 Å². The lowest BCUT2D eigenvalue weighted by atomic mass is 10.0. The van der Waals surface area contributed by atoms with E-state index in [9.17, 15) is 4.79 Å². The molecule has 1 heterocycles. The molecule has 0 unspecified atom stereocenters. The van der Waals surface area contributed by atoms with Gasteiger partial charge in [-0.2, -0.15) is 0 Å². The second-order valence-electron chi connectivity index (χ2n) is 5.23. The fraction of sp³-hybridized carbons (Fsp3) is 0.917. The molecule has 1 aliphatic rings. The summed E-state index contributed by atoms with van der Waals surface area (Å²) in [5.74, 6) is 0.347. The van der Waals surface area contributed by atoms with E-state index in [4.69, 9.17) is 0 Å². The van der Waals surface area contributed by atoms with Gasteiger partial charge in [-0.05, 0) is 33.6 Å². The highest BCUT2D eigenvalue weighted by Gasteiger charge is 2.25. The predicted molar refractivity (Wildman–Crippen MR) is 59.2 cm³/mol. The van der Waals surface area contributed by atoms with Crippen LogP contribution in [0.3, 0.4) is 0 Å². The van der Waals surface area contributed by atoms with E-state index in [0.29, 0.717) is 5.91 Å². The van der Waals surface area contributed by atoms with Crippen molar-refractivity contribution >= 4 is 5.91 Å². The third kappa shape index (κ3) is 3.32. The smallest absolute Gasteiger partial charge is 0.222 e. The molecule has 0 atom stereocenters. The Labute approximate surface area is 87.7 Å². The van der Waals surface area contributed by atoms with E-state index in [-0.39, 0.29) is 5.54 Å². The Morgan fingerprint density at radius 1 is 1.00 bits per heavy atom. The van der Waals surface area contributed by atoms with E-state index < -0.39 is 0 Å². The molecule has 0 N–H and O–H groups in total. The van der Waals surface area contributed by atoms with Crippen molar-refractivity contribution in [2.75, 3.05) is 6.54 Å². The molecule has 0 radical (unpaired) electrons. The van der Waals surface area contributed by atoms with Gasteiger partial charge in [-0.1, -0.05) is 19.3 Å². The van der Waals surface area contributed by atoms with Crippen LogP contribution in [0.25, 0.3) is 0 Å². The van der Waals surface area contributed by atoms with Crippen molar-refractivity contribution < 1.29 is 4.79 Å². The number of hydrogen-bond acceptors (Lipinski definition) is 1. The van der Waals surface area contributed by atoms with E-state index >= 15 is 0 Å². The molecule has 82 valence electrons. The Bertz CT molecular complexity index is 193. The van der Waals surface area contributed by atoms with Crippen molar-refractivity contribution in [3.8, 4) is 0 Å². The first-order valence-electron chi connectivity index (χ1n) is 5.82. The summed E-state index contributed by atoms with van der Waals surface area (Å²) in [6.45, 7) is 7.33. The van der Waals surface area contributed by atoms with Crippen LogP contribution in [0.1, 0.15) is 59.3 Å². The molecule has 1 saturated heterocycles. The normalized spacial score (nSPS) is 21.4. The molecule has 0 aromatic carbocycles. The topological polar surface area (TPSA) is 20.3 Å². The number of rotatable bonds is 0. The van der Waals surface area contributed by atoms with Gasteiger partial charge in [-0.3, -0.25) is 4.79 Å². The Morgan fingerprint density at radius 3 is 2.21 bits per heavy atom. The molecule has 0 aromatic rings. The first kappa shape index (κ1) is 11.5. The maximum atomic E-state index is 11.9. The summed E-state index contributed by atoms with van der Waals surface area (Å²) in [6, 6.07) is 0. The quantitative estimate of drug-likeness (QED) is 0.584. The van der Waals surface area contributed by atoms with E-state index in [1.54, 1.807) is 0 Å². The van der Waals surface area contributed by atoms with Gasteiger partial charge in [0.05, 0.1) is 0 Å². The van der Waals surface area contributed by atoms with E-state index in [1.165, 1.54) is 25.7 Å². The predicted octanol–water partition coefficient (Wildman–Crippen LogP) is 2.97. The average Bonchev–Trinajstić information content (AvgIpc) is 2.15. The molecule has 1 rings (SSSR count). The van der Waals surface area contributed by atoms with Crippen LogP contribution in [-0.4, -0.2) is 22.9 Å². The van der Waals surface area contributed by atoms with Gasteiger partial charge in [-0.15, -0.1) is 0 Å². The third-order valence-corrected chi connectivity index (χ3v) is 2.88. The molecule has 0 bridgehead atoms. The number of hydrogen-bond donors (Lipinski definition) is 0. The van der Waals surface area contributed by atoms with Crippen LogP contribution in [0.4, 0.5) is 0 Å². The first-order chi connectivity index (χ1) is 6.52. The summed E-state index contributed by atoms with van der Waals surface area (Å²) in [7, 11) is 0. The highest BCUT2D eigenvalue weighted by atomic mass is 16.2. The number of carbonyl (C=O) groups excluding carboxylic acids is 1. The van der Waals surface area contributed by atoms with Gasteiger partial charge in [0.25, 0.3) is 0 Å². The van der Waals surface area contributed by atoms with Gasteiger partial charge in [0.2, 0.25) is 5.91 Å². The van der Waals surface area contributed by atoms with E-state index in [1.807, 2.05) is 0 Å². The van der Waals surface area contributed by atoms with Crippen LogP contribution < -0.4 is 0 Å². The van der Waals surface area contributed by atoms with Crippen LogP contribution in [-0.2, 0) is 4.79 Å². The summed E-state index contributed by atoms with van der Waals surface area (Å²) in [5.41, 5.74) is 0.00141. The molecule has 0 aliphatic carbocycles. The van der Waals surface area contributed by atoms with Crippen molar-refractivity contribution in [3.63, 3.8) is 0 Å². The molecule has 14 heavy (non-hydrogen) atoms. The molecule has 0 aromatic heterocycles. The van der Waals surface area contributed by atoms with Crippen molar-refractivity contribution in [1.29, 1.82) is 0 Å². The summed E-state index contributed by atoms with van der Waals surface area (Å²) in [6.07, 6.45) is 6.79. The maximum absolute atomic E-state index is 11.9. The molecule has 2 heteroatoms. The highest BCUT2D eigenvalue weighted by molar-refractivity contribution is 5.76. The summed E-state index contributed by atoms with van der Waals surface area (Å²) < 4.78 is 0. The second-order valence-corrected chi connectivity index (χ2v) is 5.23. The molecule has 1 aliphatic heterocycles. The molecule has 1 fully saturated rings. The molecule has 2 nitrogen and oxygen atoms in total. The molecule has 1 amide bonds. The second kappa shape index (κ2) is 4.81. The largest absolute Gasteiger partial charge is 0.338 e. The van der Waals surface area contributed by atoms with Gasteiger partial charge in [0, 0.05) is 18.5 Å². The standard InChI is InChI=1S/C12H23NO/c1-12(2,3)13-10-8-6-4-5-7-9-11(13)14/h4-10H2,1-3H3. The fourth-order valence-corrected chi connectivity index (χ4v) is 2.05. The third-order valence-electron chi connectivity index (χ3n) is 2.88. The fourth-order valence-electron chi connectivity index (χ4n) is 2.05. The minimum atomic E-state index is 0.00141. The summed E-state index contributed by atoms with van der Waals surface area (Å²) >= 11 is 0. The van der Waals surface area contributed by atoms with Crippen LogP contribution >= 0.6 is 0 Å². The number of amides is 1. The van der Waals surface area contributed by atoms with Crippen LogP contribution in [0.2, 0.25) is 0 Å². The Morgan fingerprint density at radius 2 is 1.57 bits per heavy atom. The van der Waals surface area contributed by atoms with Crippen LogP contribution in [0, 0.1) is 0 Å². The number of nitrogens with zero attached hydrogens (tertiary/aromatic N) is 1. The SMILES string of the molecule is CC(C)(C)N1CCCCCCCC1=O. The minimum Gasteiger partial charge on any atom is -0.338 e. The molecule has 0 saturated carbocycles. The van der Waals surface area contributed by atoms with Crippen molar-refractivity contribution in [2.24, 2.45) is 0 Å². The van der Waals surface area contributed by atoms with Crippen molar-refractivity contribution in [3.05, 3.63) is 0 Å². The molecule has 0 spiro atoms. The van der Waals surface area contributed by atoms with Gasteiger partial charge in [0.1, 0.15) is 0 Å². The van der Waals surface area contributed by atoms with Gasteiger partial charge < -0.3 is 4.90 Å². The monoisotopic (exact) mass is 197 g/mol. The van der Waals surface area contributed by atoms with E-state index in [2.05, 4.69) is 25.7 Å². The molecular formula is C12H23NO. The van der Waals surface area contributed by atoms with Crippen LogP contribution in [0.5, 0.6) is 0 Å². The lowest BCUT2D eigenvalue weighted by Crippen LogP contribution is -2.45. The van der Waals surface area contributed by atoms with Gasteiger partial charge in [-0.25, -0.2) is 0 Å². The number of carbonyl (C=O) groups is 1. The Balaban J connectivity index is 2.63. The van der Waals surface area contributed by atoms with E-state index in [0.717, 1.165) is 19.4 Å². The zero-order chi connectivity index (χ0) is 10.6. The maximum Gasteiger partial charge on any atom is 0.222 e. The molecular weight excluding hydrogens is 174 g/mol. The summed E-state index contributed by atoms with van der Waals surface area (Å²) in [4.78, 5) is 13.9. The Kier molecular flexibility index (Phi) is 3.97. The lowest BCUT2D eigenvalue weighted by molar-refractivity contribution is -0.136. The Hall–Kier alpha value is -0.530. The first-order valence-corrected chi connectivity index (χ1v) is 5.82. The minimum absolute atomic E-state index is 0.00141. The summed E-state index contributed by atoms with van der Waals surface area (Å²) in [5, 5.41) is 0. The van der Waals surface area contributed by atoms with Crippen molar-refractivity contribution in [2.45, 2.75) is 64.8 Å². The average molecular weight is 197 g/mol.